The largest absolute Gasteiger partial charge is 0.375 e. The molecule has 0 saturated carbocycles. The van der Waals surface area contributed by atoms with Crippen molar-refractivity contribution in [1.29, 1.82) is 0 Å². The minimum absolute atomic E-state index is 0.552. The van der Waals surface area contributed by atoms with Crippen LogP contribution < -0.4 is 5.73 Å². The molecule has 0 unspecified atom stereocenters. The molecule has 0 atom stereocenters. The summed E-state index contributed by atoms with van der Waals surface area (Å²) in [5, 5.41) is 10.4. The monoisotopic (exact) mass is 195 g/mol. The minimum Gasteiger partial charge on any atom is -0.375 e. The van der Waals surface area contributed by atoms with Crippen LogP contribution in [0.1, 0.15) is 5.82 Å². The van der Waals surface area contributed by atoms with Crippen LogP contribution in [0, 0.1) is 6.92 Å². The third-order valence-electron chi connectivity index (χ3n) is 1.84. The molecule has 0 fully saturated rings. The standard InChI is InChI=1S/C7H9N5S/c1-4-10-11-6(12(4)2)5-3-13-7(8)9-5/h3H,1-2H3,(H2,8,9). The maximum atomic E-state index is 5.52. The van der Waals surface area contributed by atoms with Gasteiger partial charge in [-0.2, -0.15) is 0 Å². The summed E-state index contributed by atoms with van der Waals surface area (Å²) in [6, 6.07) is 0. The summed E-state index contributed by atoms with van der Waals surface area (Å²) in [6.07, 6.45) is 0. The number of aryl methyl sites for hydroxylation is 1. The Balaban J connectivity index is 2.52. The molecule has 0 radical (unpaired) electrons. The van der Waals surface area contributed by atoms with Crippen molar-refractivity contribution >= 4 is 16.5 Å². The van der Waals surface area contributed by atoms with Crippen molar-refractivity contribution in [1.82, 2.24) is 19.7 Å². The van der Waals surface area contributed by atoms with Crippen LogP contribution >= 0.6 is 11.3 Å². The highest BCUT2D eigenvalue weighted by atomic mass is 32.1. The molecule has 0 saturated heterocycles. The Labute approximate surface area is 79.2 Å². The van der Waals surface area contributed by atoms with Crippen LogP contribution in [0.4, 0.5) is 5.13 Å². The van der Waals surface area contributed by atoms with Gasteiger partial charge in [-0.25, -0.2) is 4.98 Å². The lowest BCUT2D eigenvalue weighted by atomic mass is 10.4. The van der Waals surface area contributed by atoms with Crippen molar-refractivity contribution in [3.63, 3.8) is 0 Å². The van der Waals surface area contributed by atoms with Gasteiger partial charge in [0.2, 0.25) is 0 Å². The van der Waals surface area contributed by atoms with E-state index < -0.39 is 0 Å². The highest BCUT2D eigenvalue weighted by Gasteiger charge is 2.10. The number of hydrogen-bond acceptors (Lipinski definition) is 5. The zero-order valence-corrected chi connectivity index (χ0v) is 8.17. The van der Waals surface area contributed by atoms with Crippen molar-refractivity contribution in [2.24, 2.45) is 7.05 Å². The number of thiazole rings is 1. The maximum absolute atomic E-state index is 5.52. The number of nitrogens with two attached hydrogens (primary N) is 1. The Hall–Kier alpha value is -1.43. The van der Waals surface area contributed by atoms with Crippen molar-refractivity contribution in [2.45, 2.75) is 6.92 Å². The normalized spacial score (nSPS) is 10.6. The molecule has 2 aromatic heterocycles. The van der Waals surface area contributed by atoms with E-state index in [0.717, 1.165) is 17.3 Å². The predicted molar refractivity (Wildman–Crippen MR) is 51.3 cm³/mol. The lowest BCUT2D eigenvalue weighted by Crippen LogP contribution is -1.95. The van der Waals surface area contributed by atoms with Gasteiger partial charge in [-0.3, -0.25) is 0 Å². The summed E-state index contributed by atoms with van der Waals surface area (Å²) in [7, 11) is 1.90. The van der Waals surface area contributed by atoms with Crippen LogP contribution in [0.5, 0.6) is 0 Å². The topological polar surface area (TPSA) is 69.6 Å². The summed E-state index contributed by atoms with van der Waals surface area (Å²) in [6.45, 7) is 1.90. The van der Waals surface area contributed by atoms with Crippen LogP contribution in [0.15, 0.2) is 5.38 Å². The quantitative estimate of drug-likeness (QED) is 0.731. The second-order valence-corrected chi connectivity index (χ2v) is 3.59. The molecule has 2 rings (SSSR count). The van der Waals surface area contributed by atoms with Gasteiger partial charge in [-0.05, 0) is 6.92 Å². The van der Waals surface area contributed by atoms with Crippen molar-refractivity contribution in [2.75, 3.05) is 5.73 Å². The molecule has 0 aliphatic heterocycles. The van der Waals surface area contributed by atoms with Gasteiger partial charge in [0.25, 0.3) is 0 Å². The lowest BCUT2D eigenvalue weighted by Gasteiger charge is -1.95. The Morgan fingerprint density at radius 1 is 1.46 bits per heavy atom. The van der Waals surface area contributed by atoms with Gasteiger partial charge in [-0.1, -0.05) is 0 Å². The number of rotatable bonds is 1. The SMILES string of the molecule is Cc1nnc(-c2csc(N)n2)n1C. The molecule has 0 amide bonds. The van der Waals surface area contributed by atoms with E-state index in [4.69, 9.17) is 5.73 Å². The molecule has 2 heterocycles. The number of nitrogens with zero attached hydrogens (tertiary/aromatic N) is 4. The van der Waals surface area contributed by atoms with Gasteiger partial charge in [0.1, 0.15) is 11.5 Å². The van der Waals surface area contributed by atoms with Crippen molar-refractivity contribution in [3.05, 3.63) is 11.2 Å². The molecule has 0 bridgehead atoms. The molecule has 0 aliphatic carbocycles. The Bertz CT molecular complexity index is 430. The zero-order chi connectivity index (χ0) is 9.42. The smallest absolute Gasteiger partial charge is 0.183 e. The number of hydrogen-bond donors (Lipinski definition) is 1. The van der Waals surface area contributed by atoms with Crippen molar-refractivity contribution in [3.8, 4) is 11.5 Å². The van der Waals surface area contributed by atoms with Crippen LogP contribution in [-0.4, -0.2) is 19.7 Å². The molecular formula is C7H9N5S. The zero-order valence-electron chi connectivity index (χ0n) is 7.35. The summed E-state index contributed by atoms with van der Waals surface area (Å²) >= 11 is 1.40. The van der Waals surface area contributed by atoms with Crippen LogP contribution in [-0.2, 0) is 7.05 Å². The maximum Gasteiger partial charge on any atom is 0.183 e. The molecule has 6 heteroatoms. The molecule has 0 aromatic carbocycles. The van der Waals surface area contributed by atoms with E-state index in [1.807, 2.05) is 23.9 Å². The van der Waals surface area contributed by atoms with E-state index in [9.17, 15) is 0 Å². The molecule has 2 N–H and O–H groups in total. The summed E-state index contributed by atoms with van der Waals surface area (Å²) in [5.41, 5.74) is 6.31. The van der Waals surface area contributed by atoms with Gasteiger partial charge < -0.3 is 10.3 Å². The molecule has 0 aliphatic rings. The van der Waals surface area contributed by atoms with E-state index in [0.29, 0.717) is 5.13 Å². The highest BCUT2D eigenvalue weighted by Crippen LogP contribution is 2.20. The molecule has 2 aromatic rings. The number of nitrogen functional groups attached to an aromatic ring is 1. The lowest BCUT2D eigenvalue weighted by molar-refractivity contribution is 0.862. The van der Waals surface area contributed by atoms with Crippen molar-refractivity contribution < 1.29 is 0 Å². The second kappa shape index (κ2) is 2.81. The molecule has 5 nitrogen and oxygen atoms in total. The van der Waals surface area contributed by atoms with Gasteiger partial charge in [0.15, 0.2) is 11.0 Å². The minimum atomic E-state index is 0.552. The fourth-order valence-corrected chi connectivity index (χ4v) is 1.56. The summed E-state index contributed by atoms with van der Waals surface area (Å²) < 4.78 is 1.88. The predicted octanol–water partition coefficient (Wildman–Crippen LogP) is 0.829. The van der Waals surface area contributed by atoms with E-state index in [2.05, 4.69) is 15.2 Å². The van der Waals surface area contributed by atoms with Gasteiger partial charge in [0, 0.05) is 12.4 Å². The number of anilines is 1. The first kappa shape index (κ1) is 8.18. The Kier molecular flexibility index (Phi) is 1.77. The second-order valence-electron chi connectivity index (χ2n) is 2.70. The first-order chi connectivity index (χ1) is 6.18. The average Bonchev–Trinajstić information content (AvgIpc) is 2.62. The van der Waals surface area contributed by atoms with Crippen LogP contribution in [0.25, 0.3) is 11.5 Å². The van der Waals surface area contributed by atoms with E-state index in [1.54, 1.807) is 0 Å². The average molecular weight is 195 g/mol. The molecule has 13 heavy (non-hydrogen) atoms. The van der Waals surface area contributed by atoms with Crippen LogP contribution in [0.2, 0.25) is 0 Å². The third-order valence-corrected chi connectivity index (χ3v) is 2.52. The first-order valence-corrected chi connectivity index (χ1v) is 4.64. The third kappa shape index (κ3) is 1.29. The van der Waals surface area contributed by atoms with E-state index in [-0.39, 0.29) is 0 Å². The molecule has 68 valence electrons. The van der Waals surface area contributed by atoms with Gasteiger partial charge in [0.05, 0.1) is 0 Å². The van der Waals surface area contributed by atoms with E-state index in [1.165, 1.54) is 11.3 Å². The molecule has 0 spiro atoms. The van der Waals surface area contributed by atoms with E-state index >= 15 is 0 Å². The first-order valence-electron chi connectivity index (χ1n) is 3.76. The molecular weight excluding hydrogens is 186 g/mol. The summed E-state index contributed by atoms with van der Waals surface area (Å²) in [5.74, 6) is 1.62. The van der Waals surface area contributed by atoms with Gasteiger partial charge >= 0.3 is 0 Å². The highest BCUT2D eigenvalue weighted by molar-refractivity contribution is 7.13. The Morgan fingerprint density at radius 2 is 2.23 bits per heavy atom. The van der Waals surface area contributed by atoms with Gasteiger partial charge in [-0.15, -0.1) is 21.5 Å². The Morgan fingerprint density at radius 3 is 2.69 bits per heavy atom. The van der Waals surface area contributed by atoms with Crippen LogP contribution in [0.3, 0.4) is 0 Å². The fourth-order valence-electron chi connectivity index (χ4n) is 1.02. The summed E-state index contributed by atoms with van der Waals surface area (Å²) in [4.78, 5) is 4.13. The fraction of sp³-hybridized carbons (Fsp3) is 0.286. The number of aromatic nitrogens is 4.